The summed E-state index contributed by atoms with van der Waals surface area (Å²) in [5.41, 5.74) is 1.43. The number of rotatable bonds is 5. The molecule has 0 spiro atoms. The van der Waals surface area contributed by atoms with E-state index >= 15 is 0 Å². The van der Waals surface area contributed by atoms with Gasteiger partial charge in [0.05, 0.1) is 5.56 Å². The van der Waals surface area contributed by atoms with Crippen LogP contribution < -0.4 is 5.32 Å². The van der Waals surface area contributed by atoms with Crippen molar-refractivity contribution < 1.29 is 14.7 Å². The molecule has 1 aliphatic carbocycles. The third-order valence-corrected chi connectivity index (χ3v) is 7.61. The molecule has 1 amide bonds. The molecule has 182 valence electrons. The van der Waals surface area contributed by atoms with Crippen LogP contribution in [0.5, 0.6) is 0 Å². The van der Waals surface area contributed by atoms with Gasteiger partial charge < -0.3 is 19.9 Å². The molecule has 0 aromatic carbocycles. The zero-order chi connectivity index (χ0) is 23.9. The maximum absolute atomic E-state index is 13.0. The van der Waals surface area contributed by atoms with Crippen LogP contribution in [0.1, 0.15) is 65.4 Å². The number of piperazine rings is 1. The number of hydrogen-bond acceptors (Lipinski definition) is 7. The number of aromatic carboxylic acids is 1. The lowest BCUT2D eigenvalue weighted by Crippen LogP contribution is -2.52. The molecule has 35 heavy (non-hydrogen) atoms. The van der Waals surface area contributed by atoms with Crippen molar-refractivity contribution in [2.45, 2.75) is 50.6 Å². The minimum absolute atomic E-state index is 0.0175. The summed E-state index contributed by atoms with van der Waals surface area (Å²) in [7, 11) is 0. The highest BCUT2D eigenvalue weighted by molar-refractivity contribution is 5.94. The summed E-state index contributed by atoms with van der Waals surface area (Å²) in [6.45, 7) is 3.62. The van der Waals surface area contributed by atoms with Crippen molar-refractivity contribution in [3.8, 4) is 0 Å². The molecule has 3 fully saturated rings. The van der Waals surface area contributed by atoms with Gasteiger partial charge in [0.2, 0.25) is 5.95 Å². The maximum Gasteiger partial charge on any atom is 0.352 e. The van der Waals surface area contributed by atoms with Gasteiger partial charge in [-0.3, -0.25) is 9.69 Å². The lowest BCUT2D eigenvalue weighted by Gasteiger charge is -2.37. The number of anilines is 2. The SMILES string of the molecule is O=C(O)c1cc2cnc(Nc3ccc(C(=O)N4CCN5CCCC5C4)cn3)nc2n1C1CCCC1. The number of pyridine rings is 1. The summed E-state index contributed by atoms with van der Waals surface area (Å²) < 4.78 is 1.84. The van der Waals surface area contributed by atoms with E-state index in [-0.39, 0.29) is 17.6 Å². The molecule has 6 rings (SSSR count). The lowest BCUT2D eigenvalue weighted by atomic mass is 10.1. The number of nitrogens with zero attached hydrogens (tertiary/aromatic N) is 6. The Kier molecular flexibility index (Phi) is 5.60. The average molecular weight is 476 g/mol. The molecule has 1 unspecified atom stereocenters. The second-order valence-corrected chi connectivity index (χ2v) is 9.76. The fourth-order valence-electron chi connectivity index (χ4n) is 5.83. The third-order valence-electron chi connectivity index (χ3n) is 7.61. The zero-order valence-corrected chi connectivity index (χ0v) is 19.6. The van der Waals surface area contributed by atoms with E-state index in [9.17, 15) is 14.7 Å². The van der Waals surface area contributed by atoms with Crippen molar-refractivity contribution in [3.05, 3.63) is 41.9 Å². The van der Waals surface area contributed by atoms with Gasteiger partial charge in [0, 0.05) is 49.5 Å². The molecule has 10 heteroatoms. The van der Waals surface area contributed by atoms with E-state index in [1.165, 1.54) is 6.42 Å². The van der Waals surface area contributed by atoms with Gasteiger partial charge in [-0.05, 0) is 50.4 Å². The number of carboxylic acids is 1. The molecular formula is C25H29N7O3. The number of carbonyl (C=O) groups is 2. The van der Waals surface area contributed by atoms with Crippen molar-refractivity contribution in [2.24, 2.45) is 0 Å². The van der Waals surface area contributed by atoms with Gasteiger partial charge in [0.15, 0.2) is 0 Å². The fraction of sp³-hybridized carbons (Fsp3) is 0.480. The molecule has 1 atom stereocenters. The van der Waals surface area contributed by atoms with Gasteiger partial charge in [-0.25, -0.2) is 14.8 Å². The third kappa shape index (κ3) is 4.12. The molecule has 3 aromatic rings. The highest BCUT2D eigenvalue weighted by Gasteiger charge is 2.33. The van der Waals surface area contributed by atoms with Gasteiger partial charge in [-0.1, -0.05) is 12.8 Å². The Labute approximate surface area is 203 Å². The van der Waals surface area contributed by atoms with Crippen LogP contribution in [0, 0.1) is 0 Å². The first-order valence-electron chi connectivity index (χ1n) is 12.4. The zero-order valence-electron chi connectivity index (χ0n) is 19.6. The van der Waals surface area contributed by atoms with Crippen LogP contribution in [-0.2, 0) is 0 Å². The topological polar surface area (TPSA) is 116 Å². The normalized spacial score (nSPS) is 20.9. The molecular weight excluding hydrogens is 446 g/mol. The van der Waals surface area contributed by atoms with Crippen LogP contribution in [0.4, 0.5) is 11.8 Å². The van der Waals surface area contributed by atoms with E-state index in [0.717, 1.165) is 58.3 Å². The summed E-state index contributed by atoms with van der Waals surface area (Å²) in [4.78, 5) is 42.7. The first-order valence-corrected chi connectivity index (χ1v) is 12.4. The molecule has 2 aliphatic heterocycles. The van der Waals surface area contributed by atoms with E-state index in [1.54, 1.807) is 30.6 Å². The van der Waals surface area contributed by atoms with E-state index in [1.807, 2.05) is 9.47 Å². The van der Waals surface area contributed by atoms with E-state index in [2.05, 4.69) is 25.2 Å². The Morgan fingerprint density at radius 3 is 2.57 bits per heavy atom. The number of fused-ring (bicyclic) bond motifs is 2. The Morgan fingerprint density at radius 1 is 0.971 bits per heavy atom. The predicted molar refractivity (Wildman–Crippen MR) is 130 cm³/mol. The van der Waals surface area contributed by atoms with Crippen LogP contribution in [0.25, 0.3) is 11.0 Å². The van der Waals surface area contributed by atoms with Crippen molar-refractivity contribution in [3.63, 3.8) is 0 Å². The van der Waals surface area contributed by atoms with Crippen LogP contribution in [0.3, 0.4) is 0 Å². The molecule has 5 heterocycles. The minimum Gasteiger partial charge on any atom is -0.477 e. The number of carbonyl (C=O) groups excluding carboxylic acids is 1. The van der Waals surface area contributed by atoms with Crippen molar-refractivity contribution in [1.29, 1.82) is 0 Å². The number of amides is 1. The molecule has 2 saturated heterocycles. The number of hydrogen-bond donors (Lipinski definition) is 2. The molecule has 10 nitrogen and oxygen atoms in total. The molecule has 1 saturated carbocycles. The average Bonchev–Trinajstić information content (AvgIpc) is 3.62. The van der Waals surface area contributed by atoms with E-state index in [0.29, 0.717) is 34.4 Å². The number of carboxylic acid groups (broad SMARTS) is 1. The predicted octanol–water partition coefficient (Wildman–Crippen LogP) is 3.30. The molecule has 3 aliphatic rings. The smallest absolute Gasteiger partial charge is 0.352 e. The van der Waals surface area contributed by atoms with Crippen molar-refractivity contribution in [2.75, 3.05) is 31.5 Å². The Morgan fingerprint density at radius 2 is 1.80 bits per heavy atom. The second-order valence-electron chi connectivity index (χ2n) is 9.76. The van der Waals surface area contributed by atoms with E-state index < -0.39 is 5.97 Å². The number of aromatic nitrogens is 4. The van der Waals surface area contributed by atoms with Gasteiger partial charge in [0.25, 0.3) is 5.91 Å². The quantitative estimate of drug-likeness (QED) is 0.577. The fourth-order valence-corrected chi connectivity index (χ4v) is 5.83. The van der Waals surface area contributed by atoms with Crippen LogP contribution in [-0.4, -0.2) is 78.5 Å². The Hall–Kier alpha value is -3.53. The lowest BCUT2D eigenvalue weighted by molar-refractivity contribution is 0.0570. The largest absolute Gasteiger partial charge is 0.477 e. The summed E-state index contributed by atoms with van der Waals surface area (Å²) >= 11 is 0. The maximum atomic E-state index is 13.0. The van der Waals surface area contributed by atoms with Crippen molar-refractivity contribution in [1.82, 2.24) is 29.3 Å². The number of nitrogens with one attached hydrogen (secondary N) is 1. The summed E-state index contributed by atoms with van der Waals surface area (Å²) in [5, 5.41) is 13.5. The second kappa shape index (κ2) is 8.92. The molecule has 0 radical (unpaired) electrons. The summed E-state index contributed by atoms with van der Waals surface area (Å²) in [6.07, 6.45) is 9.68. The van der Waals surface area contributed by atoms with Gasteiger partial charge >= 0.3 is 5.97 Å². The molecule has 3 aromatic heterocycles. The standard InChI is InChI=1S/C25H29N7O3/c33-23(31-11-10-30-9-3-6-19(30)15-31)16-7-8-21(26-13-16)28-25-27-14-17-12-20(24(34)35)32(22(17)29-25)18-4-1-2-5-18/h7-8,12-14,18-19H,1-6,9-11,15H2,(H,34,35)(H,26,27,28,29). The van der Waals surface area contributed by atoms with E-state index in [4.69, 9.17) is 0 Å². The monoisotopic (exact) mass is 475 g/mol. The van der Waals surface area contributed by atoms with Crippen molar-refractivity contribution >= 4 is 34.7 Å². The first kappa shape index (κ1) is 22.0. The Bertz CT molecular complexity index is 1270. The molecule has 0 bridgehead atoms. The summed E-state index contributed by atoms with van der Waals surface area (Å²) in [6, 6.07) is 5.80. The van der Waals surface area contributed by atoms with Crippen LogP contribution in [0.15, 0.2) is 30.6 Å². The highest BCUT2D eigenvalue weighted by atomic mass is 16.4. The summed E-state index contributed by atoms with van der Waals surface area (Å²) in [5.74, 6) is -0.0702. The molecule has 2 N–H and O–H groups in total. The Balaban J connectivity index is 1.20. The first-order chi connectivity index (χ1) is 17.1. The van der Waals surface area contributed by atoms with Crippen LogP contribution in [0.2, 0.25) is 0 Å². The minimum atomic E-state index is -0.958. The van der Waals surface area contributed by atoms with Gasteiger partial charge in [-0.2, -0.15) is 4.98 Å². The highest BCUT2D eigenvalue weighted by Crippen LogP contribution is 2.34. The van der Waals surface area contributed by atoms with Gasteiger partial charge in [0.1, 0.15) is 17.2 Å². The van der Waals surface area contributed by atoms with Gasteiger partial charge in [-0.15, -0.1) is 0 Å². The van der Waals surface area contributed by atoms with Crippen LogP contribution >= 0.6 is 0 Å².